The molecule has 40 heavy (non-hydrogen) atoms. The van der Waals surface area contributed by atoms with E-state index in [1.807, 2.05) is 0 Å². The van der Waals surface area contributed by atoms with E-state index in [0.29, 0.717) is 54.0 Å². The number of carbonyl (C=O) groups is 1. The van der Waals surface area contributed by atoms with Crippen LogP contribution >= 0.6 is 0 Å². The smallest absolute Gasteiger partial charge is 0.305 e. The van der Waals surface area contributed by atoms with E-state index < -0.39 is 10.0 Å². The lowest BCUT2D eigenvalue weighted by Crippen LogP contribution is -2.62. The standard InChI is InChI=1S/C32H58N3O4S/c1-21(2)33-17-18-35(6)24-13-15-31(4)23(19-24)20-28(34-40(8,37)38)30-26-11-10-25(22(3)9-12-29(36)39-7)32(26,5)16-14-27(30)31/h21-28,30,33-34H,6,9-20H2,1-5,7-8H3/q+1. The molecule has 10 unspecified atom stereocenters. The van der Waals surface area contributed by atoms with Crippen LogP contribution in [0.3, 0.4) is 0 Å². The summed E-state index contributed by atoms with van der Waals surface area (Å²) >= 11 is 0. The molecule has 4 saturated carbocycles. The minimum Gasteiger partial charge on any atom is -0.469 e. The molecule has 0 amide bonds. The van der Waals surface area contributed by atoms with E-state index in [-0.39, 0.29) is 22.8 Å². The molecule has 0 aromatic heterocycles. The van der Waals surface area contributed by atoms with Gasteiger partial charge in [0.15, 0.2) is 12.6 Å². The number of hydrogen-bond acceptors (Lipinski definition) is 5. The Morgan fingerprint density at radius 2 is 1.73 bits per heavy atom. The lowest BCUT2D eigenvalue weighted by molar-refractivity contribution is -0.564. The summed E-state index contributed by atoms with van der Waals surface area (Å²) in [5, 5.41) is 3.52. The monoisotopic (exact) mass is 580 g/mol. The molecule has 8 heteroatoms. The summed E-state index contributed by atoms with van der Waals surface area (Å²) in [4.78, 5) is 11.9. The molecule has 230 valence electrons. The number of hydrogen-bond donors (Lipinski definition) is 2. The summed E-state index contributed by atoms with van der Waals surface area (Å²) in [5.41, 5.74) is 0.450. The second kappa shape index (κ2) is 12.3. The zero-order valence-corrected chi connectivity index (χ0v) is 27.2. The summed E-state index contributed by atoms with van der Waals surface area (Å²) < 4.78 is 35.8. The van der Waals surface area contributed by atoms with Crippen molar-refractivity contribution in [2.45, 2.75) is 117 Å². The summed E-state index contributed by atoms with van der Waals surface area (Å²) in [6.07, 6.45) is 11.9. The van der Waals surface area contributed by atoms with E-state index in [1.54, 1.807) is 0 Å². The Hall–Kier alpha value is -0.990. The number of nitrogens with zero attached hydrogens (tertiary/aromatic N) is 1. The Morgan fingerprint density at radius 1 is 1.05 bits per heavy atom. The van der Waals surface area contributed by atoms with Crippen LogP contribution in [0.15, 0.2) is 0 Å². The van der Waals surface area contributed by atoms with Crippen molar-refractivity contribution in [2.75, 3.05) is 26.5 Å². The third-order valence-corrected chi connectivity index (χ3v) is 13.0. The molecule has 0 aliphatic heterocycles. The molecule has 0 heterocycles. The molecular weight excluding hydrogens is 522 g/mol. The van der Waals surface area contributed by atoms with Crippen LogP contribution in [0.1, 0.15) is 98.8 Å². The fourth-order valence-electron chi connectivity index (χ4n) is 10.3. The van der Waals surface area contributed by atoms with Crippen molar-refractivity contribution in [3.63, 3.8) is 0 Å². The van der Waals surface area contributed by atoms with Crippen molar-refractivity contribution in [1.29, 1.82) is 0 Å². The summed E-state index contributed by atoms with van der Waals surface area (Å²) in [5.74, 6) is 2.88. The van der Waals surface area contributed by atoms with E-state index in [0.717, 1.165) is 32.4 Å². The maximum absolute atomic E-state index is 12.7. The molecule has 0 spiro atoms. The molecule has 10 atom stereocenters. The van der Waals surface area contributed by atoms with Gasteiger partial charge in [-0.25, -0.2) is 17.7 Å². The highest BCUT2D eigenvalue weighted by Crippen LogP contribution is 2.68. The molecular formula is C32H58N3O4S+. The summed E-state index contributed by atoms with van der Waals surface area (Å²) in [6.45, 7) is 18.0. The molecule has 0 aromatic carbocycles. The second-order valence-corrected chi connectivity index (χ2v) is 16.7. The van der Waals surface area contributed by atoms with Gasteiger partial charge < -0.3 is 10.1 Å². The average Bonchev–Trinajstić information content (AvgIpc) is 3.23. The van der Waals surface area contributed by atoms with Crippen molar-refractivity contribution < 1.29 is 22.5 Å². The minimum atomic E-state index is -3.31. The normalized spacial score (nSPS) is 40.1. The van der Waals surface area contributed by atoms with Gasteiger partial charge >= 0.3 is 5.97 Å². The fourth-order valence-corrected chi connectivity index (χ4v) is 11.1. The first-order valence-corrected chi connectivity index (χ1v) is 17.9. The molecule has 2 N–H and O–H groups in total. The predicted molar refractivity (Wildman–Crippen MR) is 162 cm³/mol. The zero-order valence-electron chi connectivity index (χ0n) is 26.4. The largest absolute Gasteiger partial charge is 0.469 e. The molecule has 0 aromatic rings. The molecule has 4 aliphatic rings. The Bertz CT molecular complexity index is 1030. The predicted octanol–water partition coefficient (Wildman–Crippen LogP) is 4.84. The molecule has 7 nitrogen and oxygen atoms in total. The summed E-state index contributed by atoms with van der Waals surface area (Å²) in [6, 6.07) is 0.943. The molecule has 4 fully saturated rings. The molecule has 4 aliphatic carbocycles. The van der Waals surface area contributed by atoms with Gasteiger partial charge in [-0.2, -0.15) is 0 Å². The highest BCUT2D eigenvalue weighted by Gasteiger charge is 2.63. The Labute approximate surface area is 244 Å². The second-order valence-electron chi connectivity index (χ2n) is 14.9. The van der Waals surface area contributed by atoms with Crippen molar-refractivity contribution in [1.82, 2.24) is 10.0 Å². The van der Waals surface area contributed by atoms with Crippen LogP contribution in [0.5, 0.6) is 0 Å². The third kappa shape index (κ3) is 6.49. The van der Waals surface area contributed by atoms with Crippen LogP contribution in [-0.4, -0.2) is 70.3 Å². The van der Waals surface area contributed by atoms with Gasteiger partial charge in [-0.05, 0) is 91.3 Å². The lowest BCUT2D eigenvalue weighted by atomic mass is 9.43. The van der Waals surface area contributed by atoms with Crippen LogP contribution < -0.4 is 10.0 Å². The van der Waals surface area contributed by atoms with Gasteiger partial charge in [-0.3, -0.25) is 4.79 Å². The summed E-state index contributed by atoms with van der Waals surface area (Å²) in [7, 11) is -1.84. The van der Waals surface area contributed by atoms with Crippen LogP contribution in [0.4, 0.5) is 0 Å². The van der Waals surface area contributed by atoms with E-state index in [4.69, 9.17) is 4.74 Å². The number of rotatable bonds is 11. The molecule has 0 saturated heterocycles. The first-order valence-electron chi connectivity index (χ1n) is 16.0. The fraction of sp³-hybridized carbons (Fsp3) is 0.938. The van der Waals surface area contributed by atoms with E-state index in [2.05, 4.69) is 56.0 Å². The number of sulfonamides is 1. The van der Waals surface area contributed by atoms with Gasteiger partial charge in [0.1, 0.15) is 6.72 Å². The Kier molecular flexibility index (Phi) is 9.84. The van der Waals surface area contributed by atoms with Gasteiger partial charge in [-0.15, -0.1) is 0 Å². The first kappa shape index (κ1) is 31.9. The number of ether oxygens (including phenoxy) is 1. The molecule has 4 rings (SSSR count). The first-order chi connectivity index (χ1) is 18.7. The maximum atomic E-state index is 12.7. The number of carbonyl (C=O) groups excluding carboxylic acids is 1. The van der Waals surface area contributed by atoms with Gasteiger partial charge in [-0.1, -0.05) is 34.6 Å². The minimum absolute atomic E-state index is 0.00597. The number of nitrogens with one attached hydrogen (secondary N) is 2. The third-order valence-electron chi connectivity index (χ3n) is 12.3. The van der Waals surface area contributed by atoms with Gasteiger partial charge in [0.25, 0.3) is 0 Å². The van der Waals surface area contributed by atoms with E-state index in [9.17, 15) is 13.2 Å². The quantitative estimate of drug-likeness (QED) is 0.207. The van der Waals surface area contributed by atoms with Crippen molar-refractivity contribution in [2.24, 2.45) is 46.3 Å². The van der Waals surface area contributed by atoms with Crippen molar-refractivity contribution >= 4 is 22.7 Å². The number of esters is 1. The van der Waals surface area contributed by atoms with E-state index in [1.165, 1.54) is 51.9 Å². The van der Waals surface area contributed by atoms with Crippen LogP contribution in [0.2, 0.25) is 0 Å². The van der Waals surface area contributed by atoms with Gasteiger partial charge in [0.2, 0.25) is 10.0 Å². The van der Waals surface area contributed by atoms with Crippen LogP contribution in [0, 0.1) is 46.3 Å². The molecule has 0 radical (unpaired) electrons. The number of methoxy groups -OCH3 is 1. The topological polar surface area (TPSA) is 87.5 Å². The van der Waals surface area contributed by atoms with Crippen LogP contribution in [-0.2, 0) is 19.6 Å². The van der Waals surface area contributed by atoms with Crippen LogP contribution in [0.25, 0.3) is 0 Å². The SMILES string of the molecule is C=[N+](CCNC(C)C)C1CCC2(C)C(CC(NS(C)(=O)=O)C3C2CCC2(C)C(C(C)CCC(=O)OC)CCC32)C1. The zero-order chi connectivity index (χ0) is 29.5. The number of fused-ring (bicyclic) bond motifs is 5. The highest BCUT2D eigenvalue weighted by molar-refractivity contribution is 7.88. The van der Waals surface area contributed by atoms with E-state index >= 15 is 0 Å². The highest BCUT2D eigenvalue weighted by atomic mass is 32.2. The van der Waals surface area contributed by atoms with Crippen molar-refractivity contribution in [3.05, 3.63) is 0 Å². The Morgan fingerprint density at radius 3 is 2.38 bits per heavy atom. The molecule has 0 bridgehead atoms. The van der Waals surface area contributed by atoms with Crippen molar-refractivity contribution in [3.8, 4) is 0 Å². The maximum Gasteiger partial charge on any atom is 0.305 e. The van der Waals surface area contributed by atoms with Gasteiger partial charge in [0.05, 0.1) is 19.9 Å². The lowest BCUT2D eigenvalue weighted by Gasteiger charge is -2.63. The average molecular weight is 581 g/mol. The van der Waals surface area contributed by atoms with Gasteiger partial charge in [0, 0.05) is 31.3 Å². The Balaban J connectivity index is 1.55.